The lowest BCUT2D eigenvalue weighted by molar-refractivity contribution is -0.386. The Kier molecular flexibility index (Phi) is 3.30. The molecule has 0 aromatic heterocycles. The van der Waals surface area contributed by atoms with E-state index in [-0.39, 0.29) is 11.3 Å². The molecule has 3 rings (SSSR count). The number of nitro groups is 1. The smallest absolute Gasteiger partial charge is 0.317 e. The fraction of sp³-hybridized carbons (Fsp3) is 0. The van der Waals surface area contributed by atoms with E-state index in [9.17, 15) is 20.0 Å². The molecular formula is C15H8ClNO5. The lowest BCUT2D eigenvalue weighted by Gasteiger charge is -2.01. The third-order valence-corrected chi connectivity index (χ3v) is 3.38. The van der Waals surface area contributed by atoms with Crippen LogP contribution in [0.3, 0.4) is 0 Å². The molecule has 0 saturated carbocycles. The van der Waals surface area contributed by atoms with E-state index in [2.05, 4.69) is 0 Å². The van der Waals surface area contributed by atoms with Crippen LogP contribution in [0.5, 0.6) is 11.5 Å². The average Bonchev–Trinajstić information content (AvgIpc) is 2.75. The van der Waals surface area contributed by atoms with E-state index in [4.69, 9.17) is 16.3 Å². The molecule has 1 aliphatic rings. The zero-order valence-electron chi connectivity index (χ0n) is 10.9. The van der Waals surface area contributed by atoms with Crippen LogP contribution < -0.4 is 4.74 Å². The number of hydrogen-bond acceptors (Lipinski definition) is 5. The van der Waals surface area contributed by atoms with Crippen LogP contribution in [-0.2, 0) is 0 Å². The lowest BCUT2D eigenvalue weighted by Crippen LogP contribution is -1.99. The summed E-state index contributed by atoms with van der Waals surface area (Å²) in [5.74, 6) is -0.630. The van der Waals surface area contributed by atoms with Crippen molar-refractivity contribution in [2.45, 2.75) is 0 Å². The van der Waals surface area contributed by atoms with Crippen molar-refractivity contribution in [2.75, 3.05) is 0 Å². The van der Waals surface area contributed by atoms with Gasteiger partial charge in [-0.05, 0) is 36.4 Å². The summed E-state index contributed by atoms with van der Waals surface area (Å²) in [6.45, 7) is 0. The Bertz CT molecular complexity index is 844. The lowest BCUT2D eigenvalue weighted by atomic mass is 10.1. The molecule has 1 aliphatic heterocycles. The Morgan fingerprint density at radius 1 is 1.27 bits per heavy atom. The maximum Gasteiger partial charge on any atom is 0.317 e. The molecule has 0 bridgehead atoms. The van der Waals surface area contributed by atoms with Crippen LogP contribution in [0, 0.1) is 10.1 Å². The molecule has 0 spiro atoms. The second-order valence-electron chi connectivity index (χ2n) is 4.55. The molecule has 0 radical (unpaired) electrons. The predicted molar refractivity (Wildman–Crippen MR) is 79.1 cm³/mol. The number of halogens is 1. The number of benzene rings is 2. The van der Waals surface area contributed by atoms with E-state index in [0.717, 1.165) is 0 Å². The minimum absolute atomic E-state index is 0.0639. The number of hydrogen-bond donors (Lipinski definition) is 1. The van der Waals surface area contributed by atoms with Crippen molar-refractivity contribution in [1.82, 2.24) is 0 Å². The minimum atomic E-state index is -0.717. The van der Waals surface area contributed by atoms with Gasteiger partial charge in [0.2, 0.25) is 5.78 Å². The van der Waals surface area contributed by atoms with Crippen LogP contribution in [0.15, 0.2) is 42.2 Å². The summed E-state index contributed by atoms with van der Waals surface area (Å²) in [5, 5.41) is 21.0. The monoisotopic (exact) mass is 317 g/mol. The molecule has 0 saturated heterocycles. The number of carbonyl (C=O) groups is 1. The van der Waals surface area contributed by atoms with Crippen LogP contribution in [0.2, 0.25) is 5.02 Å². The zero-order valence-corrected chi connectivity index (χ0v) is 11.7. The van der Waals surface area contributed by atoms with Crippen molar-refractivity contribution < 1.29 is 19.6 Å². The summed E-state index contributed by atoms with van der Waals surface area (Å²) in [7, 11) is 0. The first-order chi connectivity index (χ1) is 10.5. The number of carbonyl (C=O) groups excluding carboxylic acids is 1. The third kappa shape index (κ3) is 2.29. The van der Waals surface area contributed by atoms with Crippen LogP contribution >= 0.6 is 11.6 Å². The Morgan fingerprint density at radius 3 is 2.77 bits per heavy atom. The summed E-state index contributed by atoms with van der Waals surface area (Å²) in [6, 6.07) is 8.65. The molecule has 110 valence electrons. The van der Waals surface area contributed by atoms with Crippen LogP contribution in [0.25, 0.3) is 6.08 Å². The van der Waals surface area contributed by atoms with Crippen molar-refractivity contribution in [3.63, 3.8) is 0 Å². The molecule has 2 aromatic rings. The van der Waals surface area contributed by atoms with E-state index in [0.29, 0.717) is 16.3 Å². The highest BCUT2D eigenvalue weighted by molar-refractivity contribution is 6.31. The second-order valence-corrected chi connectivity index (χ2v) is 4.99. The Morgan fingerprint density at radius 2 is 2.05 bits per heavy atom. The van der Waals surface area contributed by atoms with Gasteiger partial charge in [0.1, 0.15) is 5.75 Å². The number of allylic oxidation sites excluding steroid dienone is 1. The molecule has 1 N–H and O–H groups in total. The van der Waals surface area contributed by atoms with Crippen LogP contribution in [-0.4, -0.2) is 15.8 Å². The maximum absolute atomic E-state index is 12.2. The Hall–Kier alpha value is -2.86. The Balaban J connectivity index is 2.08. The van der Waals surface area contributed by atoms with E-state index in [1.165, 1.54) is 30.3 Å². The van der Waals surface area contributed by atoms with Gasteiger partial charge >= 0.3 is 5.69 Å². The van der Waals surface area contributed by atoms with Crippen molar-refractivity contribution in [2.24, 2.45) is 0 Å². The molecule has 2 aromatic carbocycles. The molecule has 1 heterocycles. The molecule has 0 unspecified atom stereocenters. The molecule has 0 aliphatic carbocycles. The standard InChI is InChI=1S/C15H8ClNO5/c16-9-4-5-12-10(7-9)15(19)13(22-12)6-8-2-1-3-11(18)14(8)17(20)21/h1-7,18H. The minimum Gasteiger partial charge on any atom is -0.502 e. The molecule has 0 atom stereocenters. The van der Waals surface area contributed by atoms with Gasteiger partial charge in [-0.2, -0.15) is 0 Å². The van der Waals surface area contributed by atoms with E-state index in [1.807, 2.05) is 0 Å². The number of nitrogens with zero attached hydrogens (tertiary/aromatic N) is 1. The number of ketones is 1. The van der Waals surface area contributed by atoms with Gasteiger partial charge in [-0.3, -0.25) is 14.9 Å². The molecule has 6 nitrogen and oxygen atoms in total. The number of ether oxygens (including phenoxy) is 1. The number of phenols is 1. The van der Waals surface area contributed by atoms with Gasteiger partial charge in [0.05, 0.1) is 16.1 Å². The molecule has 0 fully saturated rings. The number of nitro benzene ring substituents is 1. The van der Waals surface area contributed by atoms with Gasteiger partial charge in [0, 0.05) is 5.02 Å². The molecule has 22 heavy (non-hydrogen) atoms. The van der Waals surface area contributed by atoms with Crippen molar-refractivity contribution in [1.29, 1.82) is 0 Å². The summed E-state index contributed by atoms with van der Waals surface area (Å²) in [5.41, 5.74) is -0.116. The first kappa shape index (κ1) is 14.1. The SMILES string of the molecule is O=C1C(=Cc2cccc(O)c2[N+](=O)[O-])Oc2ccc(Cl)cc21. The van der Waals surface area contributed by atoms with Gasteiger partial charge in [0.15, 0.2) is 11.5 Å². The number of para-hydroxylation sites is 1. The number of phenolic OH excluding ortho intramolecular Hbond substituents is 1. The number of aromatic hydroxyl groups is 1. The fourth-order valence-electron chi connectivity index (χ4n) is 2.17. The largest absolute Gasteiger partial charge is 0.502 e. The normalized spacial score (nSPS) is 14.8. The zero-order chi connectivity index (χ0) is 15.9. The molecule has 0 amide bonds. The number of rotatable bonds is 2. The topological polar surface area (TPSA) is 89.7 Å². The molecule has 7 heteroatoms. The number of Topliss-reactive ketones (excluding diaryl/α,β-unsaturated/α-hetero) is 1. The predicted octanol–water partition coefficient (Wildman–Crippen LogP) is 3.57. The van der Waals surface area contributed by atoms with Gasteiger partial charge in [-0.15, -0.1) is 0 Å². The fourth-order valence-corrected chi connectivity index (χ4v) is 2.34. The molecular weight excluding hydrogens is 310 g/mol. The van der Waals surface area contributed by atoms with Crippen molar-refractivity contribution in [3.8, 4) is 11.5 Å². The quantitative estimate of drug-likeness (QED) is 0.519. The highest BCUT2D eigenvalue weighted by atomic mass is 35.5. The summed E-state index contributed by atoms with van der Waals surface area (Å²) in [6.07, 6.45) is 1.23. The summed E-state index contributed by atoms with van der Waals surface area (Å²) < 4.78 is 5.40. The highest BCUT2D eigenvalue weighted by Gasteiger charge is 2.29. The van der Waals surface area contributed by atoms with E-state index in [1.54, 1.807) is 12.1 Å². The highest BCUT2D eigenvalue weighted by Crippen LogP contribution is 2.36. The maximum atomic E-state index is 12.2. The first-order valence-corrected chi connectivity index (χ1v) is 6.55. The van der Waals surface area contributed by atoms with Crippen molar-refractivity contribution in [3.05, 3.63) is 68.4 Å². The van der Waals surface area contributed by atoms with Crippen LogP contribution in [0.4, 0.5) is 5.69 Å². The summed E-state index contributed by atoms with van der Waals surface area (Å²) >= 11 is 5.83. The first-order valence-electron chi connectivity index (χ1n) is 6.17. The van der Waals surface area contributed by atoms with Gasteiger partial charge < -0.3 is 9.84 Å². The van der Waals surface area contributed by atoms with E-state index < -0.39 is 22.1 Å². The van der Waals surface area contributed by atoms with Crippen molar-refractivity contribution >= 4 is 29.1 Å². The van der Waals surface area contributed by atoms with Gasteiger partial charge in [-0.1, -0.05) is 17.7 Å². The third-order valence-electron chi connectivity index (χ3n) is 3.15. The second kappa shape index (κ2) is 5.16. The number of fused-ring (bicyclic) bond motifs is 1. The van der Waals surface area contributed by atoms with Gasteiger partial charge in [0.25, 0.3) is 0 Å². The summed E-state index contributed by atoms with van der Waals surface area (Å²) in [4.78, 5) is 22.6. The Labute approximate surface area is 129 Å². The average molecular weight is 318 g/mol. The van der Waals surface area contributed by atoms with E-state index >= 15 is 0 Å². The van der Waals surface area contributed by atoms with Gasteiger partial charge in [-0.25, -0.2) is 0 Å². The van der Waals surface area contributed by atoms with Crippen LogP contribution in [0.1, 0.15) is 15.9 Å².